The minimum absolute atomic E-state index is 0.0959. The van der Waals surface area contributed by atoms with Crippen LogP contribution >= 0.6 is 0 Å². The molecule has 1 aliphatic carbocycles. The molecule has 1 aromatic heterocycles. The first-order chi connectivity index (χ1) is 22.0. The summed E-state index contributed by atoms with van der Waals surface area (Å²) in [5.74, 6) is -4.04. The van der Waals surface area contributed by atoms with Crippen molar-refractivity contribution in [2.75, 3.05) is 53.6 Å². The van der Waals surface area contributed by atoms with Gasteiger partial charge in [-0.3, -0.25) is 19.4 Å². The predicted octanol–water partition coefficient (Wildman–Crippen LogP) is 2.46. The van der Waals surface area contributed by atoms with Gasteiger partial charge in [0.05, 0.1) is 44.6 Å². The lowest BCUT2D eigenvalue weighted by Crippen LogP contribution is -2.52. The van der Waals surface area contributed by atoms with Crippen LogP contribution in [-0.2, 0) is 23.9 Å². The maximum absolute atomic E-state index is 14.2. The SMILES string of the molecule is CCOC(=O)N1CCN(C(=O)C(CCC(=O)O)c2nc3cc(OC)c(OC)cc3c(OC3(C(=O)OCC)CCC3)c2C(N)=O)CC1. The zero-order valence-corrected chi connectivity index (χ0v) is 26.5. The number of carbonyl (C=O) groups excluding carboxylic acids is 4. The summed E-state index contributed by atoms with van der Waals surface area (Å²) < 4.78 is 27.7. The van der Waals surface area contributed by atoms with Gasteiger partial charge < -0.3 is 44.3 Å². The zero-order valence-electron chi connectivity index (χ0n) is 26.5. The number of esters is 1. The molecule has 46 heavy (non-hydrogen) atoms. The standard InChI is InChI=1S/C31H40N4O11/c1-5-44-29(40)31(10-7-11-31)46-26-19-16-21(42-3)22(43-4)17-20(19)33-25(24(26)27(32)38)18(8-9-23(36)37)28(39)34-12-14-35(15-13-34)30(41)45-6-2/h16-18H,5-15H2,1-4H3,(H2,32,38)(H,36,37). The predicted molar refractivity (Wildman–Crippen MR) is 162 cm³/mol. The number of benzene rings is 1. The van der Waals surface area contributed by atoms with Crippen LogP contribution in [0.2, 0.25) is 0 Å². The number of amides is 3. The van der Waals surface area contributed by atoms with Crippen LogP contribution in [0.15, 0.2) is 12.1 Å². The van der Waals surface area contributed by atoms with Crippen LogP contribution in [0.25, 0.3) is 10.9 Å². The van der Waals surface area contributed by atoms with Crippen molar-refractivity contribution >= 4 is 40.7 Å². The van der Waals surface area contributed by atoms with Gasteiger partial charge in [-0.15, -0.1) is 0 Å². The van der Waals surface area contributed by atoms with Crippen molar-refractivity contribution in [3.05, 3.63) is 23.4 Å². The van der Waals surface area contributed by atoms with E-state index in [-0.39, 0.29) is 79.5 Å². The van der Waals surface area contributed by atoms with Crippen LogP contribution in [-0.4, -0.2) is 109 Å². The maximum Gasteiger partial charge on any atom is 0.409 e. The summed E-state index contributed by atoms with van der Waals surface area (Å²) in [5.41, 5.74) is 4.42. The number of piperazine rings is 1. The van der Waals surface area contributed by atoms with Crippen LogP contribution in [0.4, 0.5) is 4.79 Å². The average molecular weight is 645 g/mol. The van der Waals surface area contributed by atoms with Crippen molar-refractivity contribution in [2.24, 2.45) is 5.73 Å². The number of carboxylic acid groups (broad SMARTS) is 1. The highest BCUT2D eigenvalue weighted by atomic mass is 16.6. The first-order valence-corrected chi connectivity index (χ1v) is 15.2. The van der Waals surface area contributed by atoms with Crippen LogP contribution in [0.5, 0.6) is 17.2 Å². The number of pyridine rings is 1. The fourth-order valence-corrected chi connectivity index (χ4v) is 5.67. The molecule has 2 aromatic rings. The van der Waals surface area contributed by atoms with Crippen molar-refractivity contribution in [3.8, 4) is 17.2 Å². The van der Waals surface area contributed by atoms with Crippen LogP contribution < -0.4 is 19.9 Å². The molecule has 0 radical (unpaired) electrons. The Bertz CT molecular complexity index is 1500. The van der Waals surface area contributed by atoms with Crippen LogP contribution in [0.3, 0.4) is 0 Å². The second-order valence-corrected chi connectivity index (χ2v) is 11.0. The van der Waals surface area contributed by atoms with E-state index in [1.807, 2.05) is 0 Å². The van der Waals surface area contributed by atoms with E-state index in [4.69, 9.17) is 34.4 Å². The molecule has 0 spiro atoms. The number of methoxy groups -OCH3 is 2. The molecule has 15 nitrogen and oxygen atoms in total. The molecule has 1 atom stereocenters. The number of hydrogen-bond acceptors (Lipinski definition) is 11. The first-order valence-electron chi connectivity index (χ1n) is 15.2. The number of fused-ring (bicyclic) bond motifs is 1. The van der Waals surface area contributed by atoms with Gasteiger partial charge in [0.1, 0.15) is 11.3 Å². The van der Waals surface area contributed by atoms with E-state index in [0.717, 1.165) is 0 Å². The van der Waals surface area contributed by atoms with Gasteiger partial charge in [0.15, 0.2) is 11.5 Å². The Labute approximate surface area is 265 Å². The molecule has 1 saturated heterocycles. The van der Waals surface area contributed by atoms with Crippen molar-refractivity contribution in [1.29, 1.82) is 0 Å². The normalized spacial score (nSPS) is 16.2. The second-order valence-electron chi connectivity index (χ2n) is 11.0. The number of ether oxygens (including phenoxy) is 5. The van der Waals surface area contributed by atoms with Gasteiger partial charge in [-0.05, 0) is 45.6 Å². The maximum atomic E-state index is 14.2. The number of aromatic nitrogens is 1. The number of aliphatic carboxylic acids is 1. The van der Waals surface area contributed by atoms with E-state index < -0.39 is 47.8 Å². The third kappa shape index (κ3) is 6.87. The highest BCUT2D eigenvalue weighted by Gasteiger charge is 2.49. The van der Waals surface area contributed by atoms with E-state index in [2.05, 4.69) is 0 Å². The number of carboxylic acids is 1. The van der Waals surface area contributed by atoms with Gasteiger partial charge in [-0.1, -0.05) is 0 Å². The Hall–Kier alpha value is -4.82. The molecule has 3 N–H and O–H groups in total. The summed E-state index contributed by atoms with van der Waals surface area (Å²) in [6.07, 6.45) is 0.134. The molecule has 3 amide bonds. The molecule has 0 bridgehead atoms. The number of nitrogens with two attached hydrogens (primary N) is 1. The average Bonchev–Trinajstić information content (AvgIpc) is 3.01. The Morgan fingerprint density at radius 3 is 2.09 bits per heavy atom. The molecule has 15 heteroatoms. The molecule has 2 heterocycles. The van der Waals surface area contributed by atoms with Gasteiger partial charge in [0, 0.05) is 44.1 Å². The third-order valence-corrected chi connectivity index (χ3v) is 8.22. The lowest BCUT2D eigenvalue weighted by atomic mass is 9.79. The molecule has 2 fully saturated rings. The largest absolute Gasteiger partial charge is 0.493 e. The van der Waals surface area contributed by atoms with E-state index in [1.54, 1.807) is 13.8 Å². The lowest BCUT2D eigenvalue weighted by molar-refractivity contribution is -0.169. The highest BCUT2D eigenvalue weighted by Crippen LogP contribution is 2.45. The minimum Gasteiger partial charge on any atom is -0.493 e. The Kier molecular flexibility index (Phi) is 10.7. The molecular weight excluding hydrogens is 604 g/mol. The molecule has 1 aliphatic heterocycles. The molecule has 1 aromatic carbocycles. The molecule has 250 valence electrons. The van der Waals surface area contributed by atoms with Crippen LogP contribution in [0.1, 0.15) is 67.9 Å². The van der Waals surface area contributed by atoms with Crippen LogP contribution in [0, 0.1) is 0 Å². The van der Waals surface area contributed by atoms with E-state index in [1.165, 1.54) is 36.2 Å². The third-order valence-electron chi connectivity index (χ3n) is 8.22. The van der Waals surface area contributed by atoms with Gasteiger partial charge in [0.2, 0.25) is 11.5 Å². The Morgan fingerprint density at radius 1 is 0.957 bits per heavy atom. The molecule has 2 aliphatic rings. The summed E-state index contributed by atoms with van der Waals surface area (Å²) in [6.45, 7) is 4.34. The summed E-state index contributed by atoms with van der Waals surface area (Å²) >= 11 is 0. The number of nitrogens with zero attached hydrogens (tertiary/aromatic N) is 3. The number of carbonyl (C=O) groups is 5. The van der Waals surface area contributed by atoms with Gasteiger partial charge in [-0.25, -0.2) is 9.59 Å². The lowest BCUT2D eigenvalue weighted by Gasteiger charge is -2.40. The van der Waals surface area contributed by atoms with Gasteiger partial charge >= 0.3 is 18.0 Å². The van der Waals surface area contributed by atoms with Crippen molar-refractivity contribution in [2.45, 2.75) is 57.5 Å². The van der Waals surface area contributed by atoms with E-state index >= 15 is 0 Å². The number of rotatable bonds is 13. The van der Waals surface area contributed by atoms with Crippen molar-refractivity contribution < 1.29 is 52.8 Å². The van der Waals surface area contributed by atoms with Gasteiger partial charge in [-0.2, -0.15) is 0 Å². The smallest absolute Gasteiger partial charge is 0.409 e. The number of hydrogen-bond donors (Lipinski definition) is 2. The topological polar surface area (TPSA) is 197 Å². The van der Waals surface area contributed by atoms with E-state index in [9.17, 15) is 29.1 Å². The molecule has 1 unspecified atom stereocenters. The second kappa shape index (κ2) is 14.5. The molecular formula is C31H40N4O11. The van der Waals surface area contributed by atoms with Crippen molar-refractivity contribution in [3.63, 3.8) is 0 Å². The fourth-order valence-electron chi connectivity index (χ4n) is 5.67. The zero-order chi connectivity index (χ0) is 33.6. The number of primary amides is 1. The Balaban J connectivity index is 1.89. The summed E-state index contributed by atoms with van der Waals surface area (Å²) in [6, 6.07) is 3.07. The van der Waals surface area contributed by atoms with Gasteiger partial charge in [0.25, 0.3) is 5.91 Å². The quantitative estimate of drug-likeness (QED) is 0.303. The highest BCUT2D eigenvalue weighted by molar-refractivity contribution is 6.05. The fraction of sp³-hybridized carbons (Fsp3) is 0.548. The minimum atomic E-state index is -1.41. The van der Waals surface area contributed by atoms with E-state index in [0.29, 0.717) is 25.0 Å². The molecule has 4 rings (SSSR count). The van der Waals surface area contributed by atoms with Crippen molar-refractivity contribution in [1.82, 2.24) is 14.8 Å². The summed E-state index contributed by atoms with van der Waals surface area (Å²) in [7, 11) is 2.86. The summed E-state index contributed by atoms with van der Waals surface area (Å²) in [5, 5.41) is 9.84. The molecule has 1 saturated carbocycles. The monoisotopic (exact) mass is 644 g/mol. The Morgan fingerprint density at radius 2 is 1.57 bits per heavy atom. The first kappa shape index (κ1) is 34.1. The summed E-state index contributed by atoms with van der Waals surface area (Å²) in [4.78, 5) is 72.2.